The molecule has 0 saturated carbocycles. The minimum atomic E-state index is -3.70. The zero-order chi connectivity index (χ0) is 18.9. The van der Waals surface area contributed by atoms with E-state index in [0.29, 0.717) is 0 Å². The highest BCUT2D eigenvalue weighted by atomic mass is 79.9. The van der Waals surface area contributed by atoms with E-state index in [1.165, 1.54) is 24.7 Å². The third-order valence-electron chi connectivity index (χ3n) is 4.84. The molecule has 1 atom stereocenters. The SMILES string of the molecule is CN(C(=O)CN(C)S(=O)(=O)c1ccc(Br)cc1)C1CCc2ccccc21. The molecule has 1 unspecified atom stereocenters. The van der Waals surface area contributed by atoms with Crippen LogP contribution in [0.15, 0.2) is 57.9 Å². The summed E-state index contributed by atoms with van der Waals surface area (Å²) in [6.45, 7) is -0.187. The molecule has 1 amide bonds. The summed E-state index contributed by atoms with van der Waals surface area (Å²) in [4.78, 5) is 14.5. The molecule has 2 aromatic carbocycles. The largest absolute Gasteiger partial charge is 0.338 e. The maximum Gasteiger partial charge on any atom is 0.243 e. The van der Waals surface area contributed by atoms with Crippen molar-refractivity contribution in [2.45, 2.75) is 23.8 Å². The zero-order valence-electron chi connectivity index (χ0n) is 14.7. The van der Waals surface area contributed by atoms with Crippen molar-refractivity contribution in [2.24, 2.45) is 0 Å². The van der Waals surface area contributed by atoms with Crippen LogP contribution in [0.25, 0.3) is 0 Å². The number of rotatable bonds is 5. The predicted octanol–water partition coefficient (Wildman–Crippen LogP) is 3.22. The van der Waals surface area contributed by atoms with Gasteiger partial charge in [0.2, 0.25) is 15.9 Å². The van der Waals surface area contributed by atoms with E-state index in [4.69, 9.17) is 0 Å². The number of hydrogen-bond acceptors (Lipinski definition) is 3. The van der Waals surface area contributed by atoms with Gasteiger partial charge in [-0.25, -0.2) is 8.42 Å². The molecule has 1 aliphatic carbocycles. The molecule has 2 aromatic rings. The number of nitrogens with zero attached hydrogens (tertiary/aromatic N) is 2. The average molecular weight is 437 g/mol. The molecule has 0 N–H and O–H groups in total. The minimum absolute atomic E-state index is 0.00230. The Morgan fingerprint density at radius 1 is 1.12 bits per heavy atom. The molecular formula is C19H21BrN2O3S. The molecule has 0 radical (unpaired) electrons. The fourth-order valence-electron chi connectivity index (χ4n) is 3.28. The summed E-state index contributed by atoms with van der Waals surface area (Å²) in [7, 11) is -0.522. The summed E-state index contributed by atoms with van der Waals surface area (Å²) in [5, 5.41) is 0. The van der Waals surface area contributed by atoms with Crippen molar-refractivity contribution in [3.63, 3.8) is 0 Å². The first-order valence-corrected chi connectivity index (χ1v) is 10.6. The molecule has 0 heterocycles. The van der Waals surface area contributed by atoms with Crippen LogP contribution in [-0.4, -0.2) is 44.2 Å². The van der Waals surface area contributed by atoms with Gasteiger partial charge in [0.25, 0.3) is 0 Å². The summed E-state index contributed by atoms with van der Waals surface area (Å²) in [5.74, 6) is -0.213. The number of likely N-dealkylation sites (N-methyl/N-ethyl adjacent to an activating group) is 2. The van der Waals surface area contributed by atoms with Crippen LogP contribution in [0, 0.1) is 0 Å². The normalized spacial score (nSPS) is 16.5. The molecule has 1 aliphatic rings. The lowest BCUT2D eigenvalue weighted by atomic mass is 10.1. The summed E-state index contributed by atoms with van der Waals surface area (Å²) < 4.78 is 27.2. The van der Waals surface area contributed by atoms with Crippen molar-refractivity contribution >= 4 is 31.9 Å². The molecule has 138 valence electrons. The lowest BCUT2D eigenvalue weighted by molar-refractivity contribution is -0.132. The summed E-state index contributed by atoms with van der Waals surface area (Å²) in [6.07, 6.45) is 1.80. The number of carbonyl (C=O) groups excluding carboxylic acids is 1. The molecule has 0 bridgehead atoms. The maximum atomic E-state index is 12.7. The van der Waals surface area contributed by atoms with E-state index in [2.05, 4.69) is 22.0 Å². The zero-order valence-corrected chi connectivity index (χ0v) is 17.1. The number of benzene rings is 2. The molecule has 5 nitrogen and oxygen atoms in total. The second kappa shape index (κ2) is 7.50. The number of sulfonamides is 1. The first-order chi connectivity index (χ1) is 12.3. The Labute approximate surface area is 162 Å². The molecular weight excluding hydrogens is 416 g/mol. The van der Waals surface area contributed by atoms with Gasteiger partial charge in [0, 0.05) is 18.6 Å². The second-order valence-corrected chi connectivity index (χ2v) is 9.43. The van der Waals surface area contributed by atoms with E-state index < -0.39 is 10.0 Å². The number of carbonyl (C=O) groups is 1. The number of hydrogen-bond donors (Lipinski definition) is 0. The van der Waals surface area contributed by atoms with Crippen molar-refractivity contribution in [1.82, 2.24) is 9.21 Å². The molecule has 0 aliphatic heterocycles. The highest BCUT2D eigenvalue weighted by molar-refractivity contribution is 9.10. The fourth-order valence-corrected chi connectivity index (χ4v) is 4.67. The first kappa shape index (κ1) is 19.1. The Kier molecular flexibility index (Phi) is 5.50. The molecule has 0 spiro atoms. The van der Waals surface area contributed by atoms with E-state index in [-0.39, 0.29) is 23.4 Å². The van der Waals surface area contributed by atoms with Crippen LogP contribution >= 0.6 is 15.9 Å². The van der Waals surface area contributed by atoms with Gasteiger partial charge in [0.05, 0.1) is 17.5 Å². The van der Waals surface area contributed by atoms with Crippen LogP contribution in [0.4, 0.5) is 0 Å². The van der Waals surface area contributed by atoms with Gasteiger partial charge in [-0.2, -0.15) is 4.31 Å². The van der Waals surface area contributed by atoms with E-state index >= 15 is 0 Å². The van der Waals surface area contributed by atoms with E-state index in [9.17, 15) is 13.2 Å². The van der Waals surface area contributed by atoms with Gasteiger partial charge in [0.15, 0.2) is 0 Å². The van der Waals surface area contributed by atoms with Crippen LogP contribution in [0.2, 0.25) is 0 Å². The van der Waals surface area contributed by atoms with Crippen LogP contribution in [0.5, 0.6) is 0 Å². The molecule has 0 aromatic heterocycles. The van der Waals surface area contributed by atoms with Crippen molar-refractivity contribution in [3.8, 4) is 0 Å². The highest BCUT2D eigenvalue weighted by Crippen LogP contribution is 2.34. The quantitative estimate of drug-likeness (QED) is 0.722. The number of amides is 1. The van der Waals surface area contributed by atoms with Crippen molar-refractivity contribution in [2.75, 3.05) is 20.6 Å². The molecule has 0 saturated heterocycles. The topological polar surface area (TPSA) is 57.7 Å². The highest BCUT2D eigenvalue weighted by Gasteiger charge is 2.30. The average Bonchev–Trinajstić information content (AvgIpc) is 3.05. The molecule has 7 heteroatoms. The Morgan fingerprint density at radius 3 is 2.46 bits per heavy atom. The van der Waals surface area contributed by atoms with Gasteiger partial charge in [-0.15, -0.1) is 0 Å². The van der Waals surface area contributed by atoms with Gasteiger partial charge in [-0.05, 0) is 48.2 Å². The van der Waals surface area contributed by atoms with Crippen LogP contribution in [-0.2, 0) is 21.2 Å². The predicted molar refractivity (Wildman–Crippen MR) is 104 cm³/mol. The number of fused-ring (bicyclic) bond motifs is 1. The third kappa shape index (κ3) is 3.70. The van der Waals surface area contributed by atoms with Crippen LogP contribution < -0.4 is 0 Å². The summed E-state index contributed by atoms with van der Waals surface area (Å²) in [6, 6.07) is 14.5. The number of aryl methyl sites for hydroxylation is 1. The Hall–Kier alpha value is -1.70. The molecule has 3 rings (SSSR count). The number of halogens is 1. The maximum absolute atomic E-state index is 12.7. The van der Waals surface area contributed by atoms with Gasteiger partial charge in [-0.3, -0.25) is 4.79 Å². The smallest absolute Gasteiger partial charge is 0.243 e. The lowest BCUT2D eigenvalue weighted by Crippen LogP contribution is -2.40. The second-order valence-electron chi connectivity index (χ2n) is 6.47. The monoisotopic (exact) mass is 436 g/mol. The minimum Gasteiger partial charge on any atom is -0.338 e. The van der Waals surface area contributed by atoms with E-state index in [0.717, 1.165) is 27.2 Å². The standard InChI is InChI=1S/C19H21BrN2O3S/c1-21(26(24,25)16-10-8-15(20)9-11-16)13-19(23)22(2)18-12-7-14-5-3-4-6-17(14)18/h3-6,8-11,18H,7,12-13H2,1-2H3. The first-order valence-electron chi connectivity index (χ1n) is 8.36. The fraction of sp³-hybridized carbons (Fsp3) is 0.316. The van der Waals surface area contributed by atoms with Gasteiger partial charge in [-0.1, -0.05) is 40.2 Å². The van der Waals surface area contributed by atoms with Crippen LogP contribution in [0.1, 0.15) is 23.6 Å². The third-order valence-corrected chi connectivity index (χ3v) is 7.19. The summed E-state index contributed by atoms with van der Waals surface area (Å²) in [5.41, 5.74) is 2.41. The van der Waals surface area contributed by atoms with Crippen molar-refractivity contribution in [1.29, 1.82) is 0 Å². The van der Waals surface area contributed by atoms with Crippen LogP contribution in [0.3, 0.4) is 0 Å². The summed E-state index contributed by atoms with van der Waals surface area (Å²) >= 11 is 3.29. The molecule has 0 fully saturated rings. The Balaban J connectivity index is 1.72. The van der Waals surface area contributed by atoms with Gasteiger partial charge < -0.3 is 4.90 Å². The Bertz CT molecular complexity index is 913. The van der Waals surface area contributed by atoms with Gasteiger partial charge in [0.1, 0.15) is 0 Å². The van der Waals surface area contributed by atoms with Crippen molar-refractivity contribution < 1.29 is 13.2 Å². The lowest BCUT2D eigenvalue weighted by Gasteiger charge is -2.27. The van der Waals surface area contributed by atoms with E-state index in [1.807, 2.05) is 18.2 Å². The van der Waals surface area contributed by atoms with Crippen molar-refractivity contribution in [3.05, 3.63) is 64.1 Å². The molecule has 26 heavy (non-hydrogen) atoms. The Morgan fingerprint density at radius 2 is 1.77 bits per heavy atom. The van der Waals surface area contributed by atoms with Gasteiger partial charge >= 0.3 is 0 Å². The van der Waals surface area contributed by atoms with E-state index in [1.54, 1.807) is 24.1 Å².